The molecule has 0 radical (unpaired) electrons. The van der Waals surface area contributed by atoms with Gasteiger partial charge in [-0.3, -0.25) is 14.5 Å². The minimum Gasteiger partial charge on any atom is -0.379 e. The van der Waals surface area contributed by atoms with Crippen LogP contribution in [-0.2, 0) is 14.3 Å². The Morgan fingerprint density at radius 2 is 1.64 bits per heavy atom. The van der Waals surface area contributed by atoms with Crippen LogP contribution in [0.1, 0.15) is 37.3 Å². The highest BCUT2D eigenvalue weighted by molar-refractivity contribution is 5.82. The van der Waals surface area contributed by atoms with Crippen LogP contribution >= 0.6 is 0 Å². The molecule has 1 unspecified atom stereocenters. The minimum atomic E-state index is -0.0158. The van der Waals surface area contributed by atoms with Gasteiger partial charge in [0, 0.05) is 44.6 Å². The van der Waals surface area contributed by atoms with Crippen LogP contribution in [0.5, 0.6) is 0 Å². The van der Waals surface area contributed by atoms with Gasteiger partial charge in [0.2, 0.25) is 11.8 Å². The van der Waals surface area contributed by atoms with E-state index in [1.54, 1.807) is 0 Å². The lowest BCUT2D eigenvalue weighted by Gasteiger charge is -2.34. The van der Waals surface area contributed by atoms with Crippen molar-refractivity contribution in [3.05, 3.63) is 35.9 Å². The summed E-state index contributed by atoms with van der Waals surface area (Å²) in [5.41, 5.74) is 1.14. The van der Waals surface area contributed by atoms with Crippen molar-refractivity contribution in [3.63, 3.8) is 0 Å². The molecular formula is C22H31N3O3. The average molecular weight is 386 g/mol. The number of piperidine rings is 1. The molecule has 3 aliphatic rings. The number of hydrogen-bond acceptors (Lipinski definition) is 4. The largest absolute Gasteiger partial charge is 0.379 e. The number of hydrogen-bond donors (Lipinski definition) is 1. The van der Waals surface area contributed by atoms with E-state index in [1.165, 1.54) is 0 Å². The Morgan fingerprint density at radius 3 is 2.29 bits per heavy atom. The van der Waals surface area contributed by atoms with Gasteiger partial charge >= 0.3 is 0 Å². The summed E-state index contributed by atoms with van der Waals surface area (Å²) in [6.45, 7) is 5.55. The van der Waals surface area contributed by atoms with Crippen LogP contribution in [0.25, 0.3) is 0 Å². The number of benzene rings is 1. The van der Waals surface area contributed by atoms with Gasteiger partial charge < -0.3 is 15.0 Å². The first-order valence-corrected chi connectivity index (χ1v) is 10.6. The summed E-state index contributed by atoms with van der Waals surface area (Å²) in [7, 11) is 0. The fourth-order valence-corrected chi connectivity index (χ4v) is 4.20. The summed E-state index contributed by atoms with van der Waals surface area (Å²) in [6.07, 6.45) is 3.62. The molecule has 2 saturated heterocycles. The molecule has 152 valence electrons. The third kappa shape index (κ3) is 4.92. The molecule has 1 aliphatic carbocycles. The van der Waals surface area contributed by atoms with Gasteiger partial charge in [0.1, 0.15) is 0 Å². The maximum Gasteiger partial charge on any atom is 0.225 e. The zero-order valence-corrected chi connectivity index (χ0v) is 16.5. The van der Waals surface area contributed by atoms with Crippen LogP contribution in [0.2, 0.25) is 0 Å². The molecule has 0 bridgehead atoms. The number of nitrogens with one attached hydrogen (secondary N) is 1. The SMILES string of the molecule is O=C(NC(CN1CCOCC1)c1ccccc1)C1CCN(C(=O)C2CC2)CC1. The van der Waals surface area contributed by atoms with Gasteiger partial charge in [0.15, 0.2) is 0 Å². The lowest BCUT2D eigenvalue weighted by Crippen LogP contribution is -2.47. The quantitative estimate of drug-likeness (QED) is 0.812. The summed E-state index contributed by atoms with van der Waals surface area (Å²) in [5.74, 6) is 0.689. The lowest BCUT2D eigenvalue weighted by atomic mass is 9.94. The van der Waals surface area contributed by atoms with Gasteiger partial charge in [-0.1, -0.05) is 30.3 Å². The van der Waals surface area contributed by atoms with E-state index in [-0.39, 0.29) is 23.8 Å². The molecule has 2 amide bonds. The Labute approximate surface area is 167 Å². The zero-order valence-electron chi connectivity index (χ0n) is 16.5. The van der Waals surface area contributed by atoms with E-state index in [0.717, 1.165) is 64.1 Å². The lowest BCUT2D eigenvalue weighted by molar-refractivity contribution is -0.136. The summed E-state index contributed by atoms with van der Waals surface area (Å²) >= 11 is 0. The van der Waals surface area contributed by atoms with Gasteiger partial charge in [-0.15, -0.1) is 0 Å². The minimum absolute atomic E-state index is 0.000783. The van der Waals surface area contributed by atoms with E-state index < -0.39 is 0 Å². The molecule has 2 aliphatic heterocycles. The Kier molecular flexibility index (Phi) is 6.27. The molecule has 28 heavy (non-hydrogen) atoms. The summed E-state index contributed by atoms with van der Waals surface area (Å²) < 4.78 is 5.45. The van der Waals surface area contributed by atoms with E-state index in [0.29, 0.717) is 19.0 Å². The van der Waals surface area contributed by atoms with Crippen molar-refractivity contribution >= 4 is 11.8 Å². The van der Waals surface area contributed by atoms with Gasteiger partial charge in [-0.2, -0.15) is 0 Å². The van der Waals surface area contributed by atoms with Crippen LogP contribution in [0.4, 0.5) is 0 Å². The summed E-state index contributed by atoms with van der Waals surface area (Å²) in [4.78, 5) is 29.5. The smallest absolute Gasteiger partial charge is 0.225 e. The van der Waals surface area contributed by atoms with Crippen LogP contribution in [0, 0.1) is 11.8 Å². The van der Waals surface area contributed by atoms with Crippen molar-refractivity contribution in [2.45, 2.75) is 31.7 Å². The molecule has 1 saturated carbocycles. The molecule has 4 rings (SSSR count). The van der Waals surface area contributed by atoms with E-state index in [9.17, 15) is 9.59 Å². The van der Waals surface area contributed by atoms with Crippen LogP contribution in [-0.4, -0.2) is 67.6 Å². The van der Waals surface area contributed by atoms with Crippen LogP contribution in [0.3, 0.4) is 0 Å². The molecule has 0 spiro atoms. The van der Waals surface area contributed by atoms with E-state index in [2.05, 4.69) is 22.3 Å². The normalized spacial score (nSPS) is 22.6. The number of nitrogens with zero attached hydrogens (tertiary/aromatic N) is 2. The average Bonchev–Trinajstić information content (AvgIpc) is 3.60. The second-order valence-electron chi connectivity index (χ2n) is 8.26. The molecule has 1 aromatic carbocycles. The third-order valence-electron chi connectivity index (χ3n) is 6.17. The van der Waals surface area contributed by atoms with E-state index in [4.69, 9.17) is 4.74 Å². The van der Waals surface area contributed by atoms with E-state index >= 15 is 0 Å². The van der Waals surface area contributed by atoms with Crippen molar-refractivity contribution in [1.82, 2.24) is 15.1 Å². The molecule has 1 N–H and O–H groups in total. The standard InChI is InChI=1S/C22H31N3O3/c26-21(18-8-10-25(11-9-18)22(27)19-6-7-19)23-20(17-4-2-1-3-5-17)16-24-12-14-28-15-13-24/h1-5,18-20H,6-16H2,(H,23,26). The Hall–Kier alpha value is -1.92. The van der Waals surface area contributed by atoms with Gasteiger partial charge in [0.25, 0.3) is 0 Å². The molecule has 0 aromatic heterocycles. The van der Waals surface area contributed by atoms with Gasteiger partial charge in [-0.05, 0) is 31.2 Å². The second-order valence-corrected chi connectivity index (χ2v) is 8.26. The Balaban J connectivity index is 1.34. The number of likely N-dealkylation sites (tertiary alicyclic amines) is 1. The number of rotatable bonds is 6. The van der Waals surface area contributed by atoms with Crippen molar-refractivity contribution in [1.29, 1.82) is 0 Å². The number of carbonyl (C=O) groups is 2. The highest BCUT2D eigenvalue weighted by Gasteiger charge is 2.36. The summed E-state index contributed by atoms with van der Waals surface area (Å²) in [5, 5.41) is 3.30. The predicted molar refractivity (Wildman–Crippen MR) is 107 cm³/mol. The Bertz CT molecular complexity index is 663. The number of carbonyl (C=O) groups excluding carboxylic acids is 2. The first kappa shape index (κ1) is 19.4. The zero-order chi connectivity index (χ0) is 19.3. The number of amides is 2. The maximum absolute atomic E-state index is 13.0. The monoisotopic (exact) mass is 385 g/mol. The highest BCUT2D eigenvalue weighted by atomic mass is 16.5. The van der Waals surface area contributed by atoms with Crippen molar-refractivity contribution < 1.29 is 14.3 Å². The van der Waals surface area contributed by atoms with Crippen molar-refractivity contribution in [2.24, 2.45) is 11.8 Å². The Morgan fingerprint density at radius 1 is 0.964 bits per heavy atom. The van der Waals surface area contributed by atoms with Crippen LogP contribution in [0.15, 0.2) is 30.3 Å². The molecule has 2 heterocycles. The van der Waals surface area contributed by atoms with Gasteiger partial charge in [-0.25, -0.2) is 0 Å². The molecule has 1 atom stereocenters. The first-order chi connectivity index (χ1) is 13.7. The molecule has 6 nitrogen and oxygen atoms in total. The van der Waals surface area contributed by atoms with E-state index in [1.807, 2.05) is 23.1 Å². The third-order valence-corrected chi connectivity index (χ3v) is 6.17. The fraction of sp³-hybridized carbons (Fsp3) is 0.636. The molecular weight excluding hydrogens is 354 g/mol. The molecule has 3 fully saturated rings. The fourth-order valence-electron chi connectivity index (χ4n) is 4.20. The predicted octanol–water partition coefficient (Wildman–Crippen LogP) is 1.82. The second kappa shape index (κ2) is 9.05. The number of morpholine rings is 1. The van der Waals surface area contributed by atoms with Crippen LogP contribution < -0.4 is 5.32 Å². The van der Waals surface area contributed by atoms with Gasteiger partial charge in [0.05, 0.1) is 19.3 Å². The summed E-state index contributed by atoms with van der Waals surface area (Å²) in [6, 6.07) is 10.2. The highest BCUT2D eigenvalue weighted by Crippen LogP contribution is 2.32. The first-order valence-electron chi connectivity index (χ1n) is 10.6. The maximum atomic E-state index is 13.0. The number of ether oxygens (including phenoxy) is 1. The molecule has 1 aromatic rings. The van der Waals surface area contributed by atoms with Crippen molar-refractivity contribution in [2.75, 3.05) is 45.9 Å². The van der Waals surface area contributed by atoms with Crippen molar-refractivity contribution in [3.8, 4) is 0 Å². The topological polar surface area (TPSA) is 61.9 Å². The molecule has 6 heteroatoms.